The van der Waals surface area contributed by atoms with Gasteiger partial charge in [0.25, 0.3) is 0 Å². The van der Waals surface area contributed by atoms with Gasteiger partial charge >= 0.3 is 5.97 Å². The lowest BCUT2D eigenvalue weighted by Crippen LogP contribution is -2.04. The van der Waals surface area contributed by atoms with Gasteiger partial charge in [-0.05, 0) is 23.8 Å². The molecule has 2 aromatic carbocycles. The van der Waals surface area contributed by atoms with Crippen molar-refractivity contribution in [3.05, 3.63) is 77.5 Å². The van der Waals surface area contributed by atoms with E-state index < -0.39 is 5.97 Å². The fourth-order valence-electron chi connectivity index (χ4n) is 1.82. The van der Waals surface area contributed by atoms with E-state index in [2.05, 4.69) is 4.99 Å². The molecule has 0 aromatic heterocycles. The minimum atomic E-state index is -0.414. The zero-order chi connectivity index (χ0) is 15.1. The van der Waals surface area contributed by atoms with E-state index in [1.807, 2.05) is 74.5 Å². The molecule has 0 spiro atoms. The third-order valence-corrected chi connectivity index (χ3v) is 2.74. The lowest BCUT2D eigenvalue weighted by molar-refractivity contribution is -0.129. The molecule has 0 amide bonds. The van der Waals surface area contributed by atoms with E-state index in [1.165, 1.54) is 0 Å². The SMILES string of the molecule is CC.O=C1OC(c2ccccc2)=N/C1=C/c1ccccc1. The second-order valence-electron chi connectivity index (χ2n) is 4.11. The molecule has 0 N–H and O–H groups in total. The van der Waals surface area contributed by atoms with Gasteiger partial charge in [-0.2, -0.15) is 0 Å². The maximum atomic E-state index is 11.8. The van der Waals surface area contributed by atoms with Gasteiger partial charge in [-0.15, -0.1) is 0 Å². The molecule has 3 rings (SSSR count). The molecule has 0 aliphatic carbocycles. The van der Waals surface area contributed by atoms with Gasteiger partial charge in [-0.3, -0.25) is 0 Å². The molecular weight excluding hydrogens is 262 g/mol. The second-order valence-corrected chi connectivity index (χ2v) is 4.11. The molecular formula is C18H17NO2. The molecule has 0 saturated heterocycles. The first-order chi connectivity index (χ1) is 10.3. The van der Waals surface area contributed by atoms with Crippen molar-refractivity contribution >= 4 is 17.9 Å². The minimum Gasteiger partial charge on any atom is -0.402 e. The van der Waals surface area contributed by atoms with Crippen LogP contribution in [0.4, 0.5) is 0 Å². The highest BCUT2D eigenvalue weighted by Gasteiger charge is 2.23. The zero-order valence-electron chi connectivity index (χ0n) is 12.1. The minimum absolute atomic E-state index is 0.324. The van der Waals surface area contributed by atoms with Crippen LogP contribution in [0.3, 0.4) is 0 Å². The number of aliphatic imine (C=N–C) groups is 1. The van der Waals surface area contributed by atoms with Gasteiger partial charge < -0.3 is 4.74 Å². The van der Waals surface area contributed by atoms with E-state index in [4.69, 9.17) is 4.74 Å². The number of cyclic esters (lactones) is 1. The Kier molecular flexibility index (Phi) is 5.04. The lowest BCUT2D eigenvalue weighted by atomic mass is 10.2. The Morgan fingerprint density at radius 3 is 2.10 bits per heavy atom. The van der Waals surface area contributed by atoms with Gasteiger partial charge in [0.2, 0.25) is 5.90 Å². The highest BCUT2D eigenvalue weighted by Crippen LogP contribution is 2.18. The van der Waals surface area contributed by atoms with Crippen LogP contribution in [0.1, 0.15) is 25.0 Å². The zero-order valence-corrected chi connectivity index (χ0v) is 12.1. The van der Waals surface area contributed by atoms with Gasteiger partial charge in [0.1, 0.15) is 0 Å². The average molecular weight is 279 g/mol. The van der Waals surface area contributed by atoms with Crippen molar-refractivity contribution in [2.24, 2.45) is 4.99 Å². The number of carbonyl (C=O) groups is 1. The summed E-state index contributed by atoms with van der Waals surface area (Å²) in [5.41, 5.74) is 2.05. The van der Waals surface area contributed by atoms with Gasteiger partial charge in [-0.25, -0.2) is 9.79 Å². The quantitative estimate of drug-likeness (QED) is 0.614. The fraction of sp³-hybridized carbons (Fsp3) is 0.111. The molecule has 0 saturated carbocycles. The summed E-state index contributed by atoms with van der Waals surface area (Å²) in [6, 6.07) is 19.0. The summed E-state index contributed by atoms with van der Waals surface area (Å²) in [5, 5.41) is 0. The monoisotopic (exact) mass is 279 g/mol. The number of ether oxygens (including phenoxy) is 1. The molecule has 0 unspecified atom stereocenters. The van der Waals surface area contributed by atoms with Crippen LogP contribution >= 0.6 is 0 Å². The molecule has 1 heterocycles. The van der Waals surface area contributed by atoms with Crippen LogP contribution < -0.4 is 0 Å². The fourth-order valence-corrected chi connectivity index (χ4v) is 1.82. The molecule has 1 aliphatic heterocycles. The van der Waals surface area contributed by atoms with Crippen molar-refractivity contribution in [2.45, 2.75) is 13.8 Å². The average Bonchev–Trinajstić information content (AvgIpc) is 2.92. The highest BCUT2D eigenvalue weighted by atomic mass is 16.6. The number of rotatable bonds is 2. The Morgan fingerprint density at radius 1 is 0.905 bits per heavy atom. The predicted octanol–water partition coefficient (Wildman–Crippen LogP) is 4.06. The number of benzene rings is 2. The summed E-state index contributed by atoms with van der Waals surface area (Å²) in [6.07, 6.45) is 1.72. The molecule has 3 heteroatoms. The van der Waals surface area contributed by atoms with Crippen molar-refractivity contribution in [2.75, 3.05) is 0 Å². The molecule has 106 valence electrons. The third kappa shape index (κ3) is 3.66. The van der Waals surface area contributed by atoms with Crippen molar-refractivity contribution in [3.8, 4) is 0 Å². The van der Waals surface area contributed by atoms with E-state index in [9.17, 15) is 4.79 Å². The van der Waals surface area contributed by atoms with E-state index in [0.29, 0.717) is 11.6 Å². The Balaban J connectivity index is 0.000000774. The largest absolute Gasteiger partial charge is 0.402 e. The van der Waals surface area contributed by atoms with Crippen LogP contribution in [0, 0.1) is 0 Å². The summed E-state index contributed by atoms with van der Waals surface area (Å²) in [5.74, 6) is -0.0597. The van der Waals surface area contributed by atoms with Crippen LogP contribution in [0.15, 0.2) is 71.4 Å². The summed E-state index contributed by atoms with van der Waals surface area (Å²) in [6.45, 7) is 4.00. The van der Waals surface area contributed by atoms with Crippen LogP contribution in [0.25, 0.3) is 6.08 Å². The number of nitrogens with zero attached hydrogens (tertiary/aromatic N) is 1. The van der Waals surface area contributed by atoms with Gasteiger partial charge in [0.05, 0.1) is 0 Å². The Hall–Kier alpha value is -2.68. The summed E-state index contributed by atoms with van der Waals surface area (Å²) >= 11 is 0. The number of carbonyl (C=O) groups excluding carboxylic acids is 1. The van der Waals surface area contributed by atoms with E-state index in [0.717, 1.165) is 11.1 Å². The van der Waals surface area contributed by atoms with Crippen molar-refractivity contribution in [3.63, 3.8) is 0 Å². The van der Waals surface area contributed by atoms with Crippen molar-refractivity contribution in [1.82, 2.24) is 0 Å². The van der Waals surface area contributed by atoms with Gasteiger partial charge in [0, 0.05) is 5.56 Å². The smallest absolute Gasteiger partial charge is 0.363 e. The van der Waals surface area contributed by atoms with E-state index >= 15 is 0 Å². The molecule has 0 fully saturated rings. The van der Waals surface area contributed by atoms with Crippen LogP contribution in [0.5, 0.6) is 0 Å². The van der Waals surface area contributed by atoms with Crippen LogP contribution in [-0.2, 0) is 9.53 Å². The molecule has 0 bridgehead atoms. The Labute approximate surface area is 124 Å². The lowest BCUT2D eigenvalue weighted by Gasteiger charge is -1.97. The van der Waals surface area contributed by atoms with Crippen molar-refractivity contribution < 1.29 is 9.53 Å². The third-order valence-electron chi connectivity index (χ3n) is 2.74. The first-order valence-electron chi connectivity index (χ1n) is 6.96. The number of esters is 1. The summed E-state index contributed by atoms with van der Waals surface area (Å²) < 4.78 is 5.17. The first-order valence-corrected chi connectivity index (χ1v) is 6.96. The van der Waals surface area contributed by atoms with E-state index in [-0.39, 0.29) is 0 Å². The normalized spacial score (nSPS) is 15.0. The van der Waals surface area contributed by atoms with E-state index in [1.54, 1.807) is 6.08 Å². The Bertz CT molecular complexity index is 658. The number of hydrogen-bond donors (Lipinski definition) is 0. The van der Waals surface area contributed by atoms with Crippen LogP contribution in [0.2, 0.25) is 0 Å². The summed E-state index contributed by atoms with van der Waals surface area (Å²) in [7, 11) is 0. The topological polar surface area (TPSA) is 38.7 Å². The molecule has 0 atom stereocenters. The van der Waals surface area contributed by atoms with Crippen LogP contribution in [-0.4, -0.2) is 11.9 Å². The second kappa shape index (κ2) is 7.20. The predicted molar refractivity (Wildman–Crippen MR) is 84.8 cm³/mol. The molecule has 3 nitrogen and oxygen atoms in total. The first kappa shape index (κ1) is 14.7. The molecule has 0 radical (unpaired) electrons. The Morgan fingerprint density at radius 2 is 1.48 bits per heavy atom. The van der Waals surface area contributed by atoms with Gasteiger partial charge in [-0.1, -0.05) is 62.4 Å². The van der Waals surface area contributed by atoms with Crippen molar-refractivity contribution in [1.29, 1.82) is 0 Å². The van der Waals surface area contributed by atoms with Gasteiger partial charge in [0.15, 0.2) is 5.70 Å². The molecule has 21 heavy (non-hydrogen) atoms. The number of hydrogen-bond acceptors (Lipinski definition) is 3. The maximum Gasteiger partial charge on any atom is 0.363 e. The molecule has 1 aliphatic rings. The molecule has 2 aromatic rings. The maximum absolute atomic E-state index is 11.8. The standard InChI is InChI=1S/C16H11NO2.C2H6/c18-16-14(11-12-7-3-1-4-8-12)17-15(19-16)13-9-5-2-6-10-13;1-2/h1-11H;1-2H3/b14-11+;. The summed E-state index contributed by atoms with van der Waals surface area (Å²) in [4.78, 5) is 16.0. The highest BCUT2D eigenvalue weighted by molar-refractivity contribution is 6.12.